The number of piperidine rings is 1. The number of carbonyl (C=O) groups excluding carboxylic acids is 1. The number of hydrogen-bond donors (Lipinski definition) is 0. The molecule has 1 amide bonds. The minimum atomic E-state index is -3.54. The third kappa shape index (κ3) is 4.05. The monoisotopic (exact) mass is 475 g/mol. The van der Waals surface area contributed by atoms with Crippen molar-refractivity contribution in [3.63, 3.8) is 0 Å². The van der Waals surface area contributed by atoms with Crippen molar-refractivity contribution >= 4 is 37.5 Å². The van der Waals surface area contributed by atoms with Crippen molar-refractivity contribution in [1.82, 2.24) is 8.87 Å². The molecule has 0 unspecified atom stereocenters. The van der Waals surface area contributed by atoms with Crippen LogP contribution in [0.15, 0.2) is 46.3 Å². The summed E-state index contributed by atoms with van der Waals surface area (Å²) in [7, 11) is 1.43. The average molecular weight is 476 g/mol. The first-order valence-corrected chi connectivity index (χ1v) is 12.5. The molecule has 0 bridgehead atoms. The van der Waals surface area contributed by atoms with Gasteiger partial charge in [-0.25, -0.2) is 8.42 Å². The highest BCUT2D eigenvalue weighted by Gasteiger charge is 2.26. The van der Waals surface area contributed by atoms with Crippen molar-refractivity contribution in [2.24, 2.45) is 12.0 Å². The maximum Gasteiger partial charge on any atom is 0.279 e. The van der Waals surface area contributed by atoms with E-state index in [-0.39, 0.29) is 4.90 Å². The molecule has 2 heterocycles. The molecule has 0 atom stereocenters. The Morgan fingerprint density at radius 2 is 1.59 bits per heavy atom. The first kappa shape index (κ1) is 22.5. The topological polar surface area (TPSA) is 90.2 Å². The predicted octanol–water partition coefficient (Wildman–Crippen LogP) is 3.17. The zero-order valence-electron chi connectivity index (χ0n) is 18.2. The van der Waals surface area contributed by atoms with Gasteiger partial charge in [0, 0.05) is 25.7 Å². The fraction of sp³-hybridized carbons (Fsp3) is 0.364. The van der Waals surface area contributed by atoms with Gasteiger partial charge < -0.3 is 14.0 Å². The summed E-state index contributed by atoms with van der Waals surface area (Å²) in [6.07, 6.45) is 2.79. The Balaban J connectivity index is 1.67. The summed E-state index contributed by atoms with van der Waals surface area (Å²) < 4.78 is 40.6. The van der Waals surface area contributed by atoms with Crippen LogP contribution in [0.1, 0.15) is 29.6 Å². The van der Waals surface area contributed by atoms with Gasteiger partial charge in [-0.2, -0.15) is 9.30 Å². The highest BCUT2D eigenvalue weighted by molar-refractivity contribution is 7.89. The third-order valence-electron chi connectivity index (χ3n) is 5.57. The van der Waals surface area contributed by atoms with Gasteiger partial charge in [-0.3, -0.25) is 4.79 Å². The fourth-order valence-electron chi connectivity index (χ4n) is 3.80. The van der Waals surface area contributed by atoms with E-state index < -0.39 is 15.9 Å². The van der Waals surface area contributed by atoms with Crippen molar-refractivity contribution < 1.29 is 22.7 Å². The summed E-state index contributed by atoms with van der Waals surface area (Å²) in [5.41, 5.74) is 1.10. The van der Waals surface area contributed by atoms with Gasteiger partial charge in [-0.15, -0.1) is 0 Å². The number of hydrogen-bond acceptors (Lipinski definition) is 6. The van der Waals surface area contributed by atoms with Gasteiger partial charge >= 0.3 is 0 Å². The Kier molecular flexibility index (Phi) is 6.36. The number of carbonyl (C=O) groups is 1. The van der Waals surface area contributed by atoms with Crippen LogP contribution in [0.25, 0.3) is 10.2 Å². The van der Waals surface area contributed by atoms with E-state index in [1.807, 2.05) is 6.07 Å². The number of benzene rings is 2. The lowest BCUT2D eigenvalue weighted by atomic mass is 10.2. The summed E-state index contributed by atoms with van der Waals surface area (Å²) >= 11 is 1.32. The molecule has 8 nitrogen and oxygen atoms in total. The molecule has 1 aliphatic rings. The molecule has 2 aromatic carbocycles. The average Bonchev–Trinajstić information content (AvgIpc) is 3.15. The third-order valence-corrected chi connectivity index (χ3v) is 8.62. The second-order valence-electron chi connectivity index (χ2n) is 7.50. The number of ether oxygens (including phenoxy) is 2. The molecule has 1 fully saturated rings. The van der Waals surface area contributed by atoms with E-state index in [0.717, 1.165) is 29.5 Å². The molecule has 1 aliphatic heterocycles. The minimum Gasteiger partial charge on any atom is -0.495 e. The van der Waals surface area contributed by atoms with Gasteiger partial charge in [0.25, 0.3) is 5.91 Å². The van der Waals surface area contributed by atoms with E-state index in [1.165, 1.54) is 39.9 Å². The normalized spacial score (nSPS) is 15.8. The SMILES string of the molecule is COc1ccc(OC)c2c1sc(=NC(=O)c1ccc(S(=O)(=O)N3CCCCC3)cc1)n2C. The van der Waals surface area contributed by atoms with Gasteiger partial charge in [0.05, 0.1) is 19.1 Å². The van der Waals surface area contributed by atoms with Crippen LogP contribution in [0.5, 0.6) is 11.5 Å². The number of thiazole rings is 1. The van der Waals surface area contributed by atoms with Gasteiger partial charge in [0.1, 0.15) is 21.7 Å². The Morgan fingerprint density at radius 1 is 0.969 bits per heavy atom. The van der Waals surface area contributed by atoms with Crippen LogP contribution in [0.3, 0.4) is 0 Å². The molecule has 0 spiro atoms. The minimum absolute atomic E-state index is 0.192. The Morgan fingerprint density at radius 3 is 2.22 bits per heavy atom. The highest BCUT2D eigenvalue weighted by atomic mass is 32.2. The molecular formula is C22H25N3O5S2. The first-order valence-electron chi connectivity index (χ1n) is 10.3. The predicted molar refractivity (Wildman–Crippen MR) is 123 cm³/mol. The van der Waals surface area contributed by atoms with Crippen molar-refractivity contribution in [1.29, 1.82) is 0 Å². The zero-order chi connectivity index (χ0) is 22.9. The summed E-state index contributed by atoms with van der Waals surface area (Å²) in [5.74, 6) is 0.871. The number of methoxy groups -OCH3 is 2. The molecule has 0 saturated carbocycles. The lowest BCUT2D eigenvalue weighted by Gasteiger charge is -2.25. The summed E-state index contributed by atoms with van der Waals surface area (Å²) in [6.45, 7) is 1.07. The van der Waals surface area contributed by atoms with Gasteiger partial charge in [-0.1, -0.05) is 17.8 Å². The van der Waals surface area contributed by atoms with Gasteiger partial charge in [0.15, 0.2) is 4.80 Å². The summed E-state index contributed by atoms with van der Waals surface area (Å²) in [6, 6.07) is 9.59. The van der Waals surface area contributed by atoms with Crippen LogP contribution < -0.4 is 14.3 Å². The molecule has 1 saturated heterocycles. The van der Waals surface area contributed by atoms with Gasteiger partial charge in [-0.05, 0) is 49.2 Å². The lowest BCUT2D eigenvalue weighted by Crippen LogP contribution is -2.35. The molecule has 0 aliphatic carbocycles. The molecule has 3 aromatic rings. The van der Waals surface area contributed by atoms with E-state index in [0.29, 0.717) is 35.0 Å². The Bertz CT molecular complexity index is 1320. The van der Waals surface area contributed by atoms with Crippen LogP contribution in [0.2, 0.25) is 0 Å². The maximum absolute atomic E-state index is 12.8. The molecule has 32 heavy (non-hydrogen) atoms. The van der Waals surface area contributed by atoms with Crippen molar-refractivity contribution in [2.75, 3.05) is 27.3 Å². The first-order chi connectivity index (χ1) is 15.4. The smallest absolute Gasteiger partial charge is 0.279 e. The van der Waals surface area contributed by atoms with Crippen LogP contribution >= 0.6 is 11.3 Å². The molecule has 1 aromatic heterocycles. The van der Waals surface area contributed by atoms with Gasteiger partial charge in [0.2, 0.25) is 10.0 Å². The Hall–Kier alpha value is -2.69. The largest absolute Gasteiger partial charge is 0.495 e. The maximum atomic E-state index is 12.8. The van der Waals surface area contributed by atoms with Crippen molar-refractivity contribution in [2.45, 2.75) is 24.2 Å². The Labute approximate surface area is 190 Å². The zero-order valence-corrected chi connectivity index (χ0v) is 19.8. The number of aryl methyl sites for hydroxylation is 1. The van der Waals surface area contributed by atoms with Crippen molar-refractivity contribution in [3.05, 3.63) is 46.8 Å². The molecule has 10 heteroatoms. The molecule has 0 radical (unpaired) electrons. The van der Waals surface area contributed by atoms with E-state index in [4.69, 9.17) is 9.47 Å². The second-order valence-corrected chi connectivity index (χ2v) is 10.4. The van der Waals surface area contributed by atoms with E-state index in [9.17, 15) is 13.2 Å². The number of sulfonamides is 1. The standard InChI is InChI=1S/C22H25N3O5S2/c1-24-19-17(29-2)11-12-18(30-3)20(19)31-22(24)23-21(26)15-7-9-16(10-8-15)32(27,28)25-13-5-4-6-14-25/h7-12H,4-6,13-14H2,1-3H3. The second kappa shape index (κ2) is 9.05. The van der Waals surface area contributed by atoms with Crippen molar-refractivity contribution in [3.8, 4) is 11.5 Å². The van der Waals surface area contributed by atoms with E-state index in [2.05, 4.69) is 4.99 Å². The molecule has 4 rings (SSSR count). The van der Waals surface area contributed by atoms with E-state index >= 15 is 0 Å². The quantitative estimate of drug-likeness (QED) is 0.565. The highest BCUT2D eigenvalue weighted by Crippen LogP contribution is 2.34. The summed E-state index contributed by atoms with van der Waals surface area (Å²) in [4.78, 5) is 17.8. The lowest BCUT2D eigenvalue weighted by molar-refractivity contribution is 0.0998. The van der Waals surface area contributed by atoms with E-state index in [1.54, 1.807) is 31.9 Å². The molecule has 170 valence electrons. The molecule has 0 N–H and O–H groups in total. The number of nitrogens with zero attached hydrogens (tertiary/aromatic N) is 3. The van der Waals surface area contributed by atoms with Crippen LogP contribution in [-0.2, 0) is 17.1 Å². The number of rotatable bonds is 5. The van der Waals surface area contributed by atoms with Crippen LogP contribution in [-0.4, -0.2) is 50.5 Å². The number of aromatic nitrogens is 1. The molecular weight excluding hydrogens is 450 g/mol. The number of amides is 1. The van der Waals surface area contributed by atoms with Crippen LogP contribution in [0, 0.1) is 0 Å². The summed E-state index contributed by atoms with van der Waals surface area (Å²) in [5, 5.41) is 0. The number of fused-ring (bicyclic) bond motifs is 1. The van der Waals surface area contributed by atoms with Crippen LogP contribution in [0.4, 0.5) is 0 Å². The fourth-order valence-corrected chi connectivity index (χ4v) is 6.45.